The molecular formula is C13H25NO. The van der Waals surface area contributed by atoms with E-state index in [2.05, 4.69) is 25.8 Å². The average Bonchev–Trinajstić information content (AvgIpc) is 2.71. The number of carbonyl (C=O) groups is 1. The van der Waals surface area contributed by atoms with E-state index in [4.69, 9.17) is 0 Å². The van der Waals surface area contributed by atoms with Crippen LogP contribution in [0.4, 0.5) is 0 Å². The van der Waals surface area contributed by atoms with Crippen LogP contribution in [0.25, 0.3) is 0 Å². The summed E-state index contributed by atoms with van der Waals surface area (Å²) in [6.45, 7) is 5.17. The minimum absolute atomic E-state index is 0.133. The summed E-state index contributed by atoms with van der Waals surface area (Å²) in [4.78, 5) is 13.5. The molecule has 1 atom stereocenters. The van der Waals surface area contributed by atoms with E-state index in [1.165, 1.54) is 25.7 Å². The summed E-state index contributed by atoms with van der Waals surface area (Å²) in [5.41, 5.74) is -0.133. The van der Waals surface area contributed by atoms with Crippen LogP contribution < -0.4 is 0 Å². The molecule has 0 radical (unpaired) electrons. The summed E-state index contributed by atoms with van der Waals surface area (Å²) in [6, 6.07) is 0.723. The lowest BCUT2D eigenvalue weighted by Gasteiger charge is -2.32. The third-order valence-electron chi connectivity index (χ3n) is 3.66. The van der Waals surface area contributed by atoms with E-state index in [0.717, 1.165) is 31.7 Å². The fourth-order valence-corrected chi connectivity index (χ4v) is 2.79. The predicted molar refractivity (Wildman–Crippen MR) is 64.0 cm³/mol. The van der Waals surface area contributed by atoms with Crippen LogP contribution >= 0.6 is 0 Å². The third kappa shape index (κ3) is 3.60. The van der Waals surface area contributed by atoms with Gasteiger partial charge in [-0.25, -0.2) is 0 Å². The van der Waals surface area contributed by atoms with Crippen molar-refractivity contribution in [2.24, 2.45) is 5.41 Å². The number of carbonyl (C=O) groups excluding carboxylic acids is 1. The van der Waals surface area contributed by atoms with Crippen LogP contribution in [0.1, 0.15) is 52.4 Å². The second-order valence-corrected chi connectivity index (χ2v) is 5.38. The third-order valence-corrected chi connectivity index (χ3v) is 3.66. The Bertz CT molecular complexity index is 199. The lowest BCUT2D eigenvalue weighted by Crippen LogP contribution is -2.39. The van der Waals surface area contributed by atoms with Gasteiger partial charge in [0.1, 0.15) is 6.29 Å². The molecule has 1 fully saturated rings. The first-order valence-corrected chi connectivity index (χ1v) is 6.28. The van der Waals surface area contributed by atoms with E-state index in [9.17, 15) is 4.79 Å². The second kappa shape index (κ2) is 5.64. The van der Waals surface area contributed by atoms with E-state index >= 15 is 0 Å². The molecule has 0 spiro atoms. The van der Waals surface area contributed by atoms with Crippen molar-refractivity contribution in [3.05, 3.63) is 0 Å². The van der Waals surface area contributed by atoms with Gasteiger partial charge >= 0.3 is 0 Å². The maximum Gasteiger partial charge on any atom is 0.127 e. The van der Waals surface area contributed by atoms with E-state index in [1.54, 1.807) is 0 Å². The molecule has 0 amide bonds. The summed E-state index contributed by atoms with van der Waals surface area (Å²) >= 11 is 0. The SMILES string of the molecule is CCCC(C)(C=O)CN(C)C1CCCC1. The van der Waals surface area contributed by atoms with Crippen LogP contribution in [0, 0.1) is 5.41 Å². The largest absolute Gasteiger partial charge is 0.303 e. The van der Waals surface area contributed by atoms with Crippen molar-refractivity contribution in [1.29, 1.82) is 0 Å². The number of rotatable bonds is 6. The molecule has 2 nitrogen and oxygen atoms in total. The van der Waals surface area contributed by atoms with Gasteiger partial charge in [-0.05, 0) is 26.3 Å². The zero-order valence-electron chi connectivity index (χ0n) is 10.5. The highest BCUT2D eigenvalue weighted by Crippen LogP contribution is 2.27. The molecule has 15 heavy (non-hydrogen) atoms. The Morgan fingerprint density at radius 2 is 2.00 bits per heavy atom. The summed E-state index contributed by atoms with van der Waals surface area (Å²) in [5.74, 6) is 0. The van der Waals surface area contributed by atoms with Gasteiger partial charge in [-0.2, -0.15) is 0 Å². The average molecular weight is 211 g/mol. The summed E-state index contributed by atoms with van der Waals surface area (Å²) < 4.78 is 0. The van der Waals surface area contributed by atoms with Crippen LogP contribution in [-0.4, -0.2) is 30.8 Å². The van der Waals surface area contributed by atoms with Gasteiger partial charge in [0.2, 0.25) is 0 Å². The van der Waals surface area contributed by atoms with Crippen molar-refractivity contribution in [1.82, 2.24) is 4.90 Å². The summed E-state index contributed by atoms with van der Waals surface area (Å²) in [7, 11) is 2.17. The molecule has 0 bridgehead atoms. The normalized spacial score (nSPS) is 21.9. The fourth-order valence-electron chi connectivity index (χ4n) is 2.79. The van der Waals surface area contributed by atoms with Gasteiger partial charge in [-0.3, -0.25) is 0 Å². The smallest absolute Gasteiger partial charge is 0.127 e. The Morgan fingerprint density at radius 1 is 1.40 bits per heavy atom. The molecule has 0 saturated heterocycles. The van der Waals surface area contributed by atoms with Crippen molar-refractivity contribution >= 4 is 6.29 Å². The van der Waals surface area contributed by atoms with Crippen LogP contribution in [-0.2, 0) is 4.79 Å². The van der Waals surface area contributed by atoms with Crippen molar-refractivity contribution < 1.29 is 4.79 Å². The maximum absolute atomic E-state index is 11.1. The highest BCUT2D eigenvalue weighted by Gasteiger charge is 2.28. The molecular weight excluding hydrogens is 186 g/mol. The number of hydrogen-bond acceptors (Lipinski definition) is 2. The van der Waals surface area contributed by atoms with E-state index < -0.39 is 0 Å². The van der Waals surface area contributed by atoms with Gasteiger partial charge in [0, 0.05) is 18.0 Å². The first-order chi connectivity index (χ1) is 7.11. The number of nitrogens with zero attached hydrogens (tertiary/aromatic N) is 1. The van der Waals surface area contributed by atoms with Crippen molar-refractivity contribution in [3.63, 3.8) is 0 Å². The van der Waals surface area contributed by atoms with Gasteiger partial charge < -0.3 is 9.69 Å². The van der Waals surface area contributed by atoms with Gasteiger partial charge in [0.05, 0.1) is 0 Å². The molecule has 88 valence electrons. The van der Waals surface area contributed by atoms with E-state index in [-0.39, 0.29) is 5.41 Å². The van der Waals surface area contributed by atoms with Crippen LogP contribution in [0.2, 0.25) is 0 Å². The highest BCUT2D eigenvalue weighted by atomic mass is 16.1. The van der Waals surface area contributed by atoms with Gasteiger partial charge in [0.15, 0.2) is 0 Å². The van der Waals surface area contributed by atoms with E-state index in [0.29, 0.717) is 0 Å². The van der Waals surface area contributed by atoms with Gasteiger partial charge in [-0.15, -0.1) is 0 Å². The molecule has 0 aromatic carbocycles. The molecule has 0 heterocycles. The van der Waals surface area contributed by atoms with Crippen molar-refractivity contribution in [3.8, 4) is 0 Å². The number of hydrogen-bond donors (Lipinski definition) is 0. The highest BCUT2D eigenvalue weighted by molar-refractivity contribution is 5.59. The monoisotopic (exact) mass is 211 g/mol. The Morgan fingerprint density at radius 3 is 2.47 bits per heavy atom. The topological polar surface area (TPSA) is 20.3 Å². The lowest BCUT2D eigenvalue weighted by molar-refractivity contribution is -0.116. The zero-order chi connectivity index (χ0) is 11.3. The maximum atomic E-state index is 11.1. The van der Waals surface area contributed by atoms with Crippen molar-refractivity contribution in [2.45, 2.75) is 58.4 Å². The molecule has 1 aliphatic carbocycles. The standard InChI is InChI=1S/C13H25NO/c1-4-9-13(2,11-15)10-14(3)12-7-5-6-8-12/h11-12H,4-10H2,1-3H3. The molecule has 1 aliphatic rings. The molecule has 0 N–H and O–H groups in total. The van der Waals surface area contributed by atoms with Crippen molar-refractivity contribution in [2.75, 3.05) is 13.6 Å². The molecule has 0 aliphatic heterocycles. The molecule has 0 aromatic rings. The lowest BCUT2D eigenvalue weighted by atomic mass is 9.86. The summed E-state index contributed by atoms with van der Waals surface area (Å²) in [6.07, 6.45) is 8.61. The number of aldehydes is 1. The van der Waals surface area contributed by atoms with Gasteiger partial charge in [-0.1, -0.05) is 33.1 Å². The predicted octanol–water partition coefficient (Wildman–Crippen LogP) is 2.87. The molecule has 1 rings (SSSR count). The van der Waals surface area contributed by atoms with Crippen LogP contribution in [0.5, 0.6) is 0 Å². The van der Waals surface area contributed by atoms with E-state index in [1.807, 2.05) is 0 Å². The first kappa shape index (κ1) is 12.7. The molecule has 0 aromatic heterocycles. The Kier molecular flexibility index (Phi) is 4.78. The second-order valence-electron chi connectivity index (χ2n) is 5.38. The van der Waals surface area contributed by atoms with Crippen LogP contribution in [0.15, 0.2) is 0 Å². The zero-order valence-corrected chi connectivity index (χ0v) is 10.5. The quantitative estimate of drug-likeness (QED) is 0.630. The molecule has 2 heteroatoms. The summed E-state index contributed by atoms with van der Waals surface area (Å²) in [5, 5.41) is 0. The molecule has 1 saturated carbocycles. The van der Waals surface area contributed by atoms with Crippen LogP contribution in [0.3, 0.4) is 0 Å². The Labute approximate surface area is 94.0 Å². The first-order valence-electron chi connectivity index (χ1n) is 6.28. The Balaban J connectivity index is 2.46. The minimum Gasteiger partial charge on any atom is -0.303 e. The van der Waals surface area contributed by atoms with Gasteiger partial charge in [0.25, 0.3) is 0 Å². The fraction of sp³-hybridized carbons (Fsp3) is 0.923. The minimum atomic E-state index is -0.133. The molecule has 1 unspecified atom stereocenters. The Hall–Kier alpha value is -0.370.